The highest BCUT2D eigenvalue weighted by Crippen LogP contribution is 2.36. The molecule has 0 amide bonds. The Morgan fingerprint density at radius 1 is 1.38 bits per heavy atom. The van der Waals surface area contributed by atoms with Crippen LogP contribution in [0.1, 0.15) is 54.1 Å². The van der Waals surface area contributed by atoms with Crippen molar-refractivity contribution in [2.45, 2.75) is 39.0 Å². The number of pyridine rings is 1. The number of hydrogen-bond acceptors (Lipinski definition) is 4. The van der Waals surface area contributed by atoms with Crippen molar-refractivity contribution >= 4 is 11.7 Å². The molecule has 26 heavy (non-hydrogen) atoms. The summed E-state index contributed by atoms with van der Waals surface area (Å²) in [6.45, 7) is 4.53. The molecule has 0 fully saturated rings. The largest absolute Gasteiger partial charge is 0.494 e. The van der Waals surface area contributed by atoms with Crippen molar-refractivity contribution in [2.24, 2.45) is 0 Å². The number of benzene rings is 1. The van der Waals surface area contributed by atoms with Gasteiger partial charge in [-0.15, -0.1) is 0 Å². The van der Waals surface area contributed by atoms with Gasteiger partial charge in [0.2, 0.25) is 0 Å². The Morgan fingerprint density at radius 2 is 2.15 bits per heavy atom. The van der Waals surface area contributed by atoms with Crippen molar-refractivity contribution in [3.63, 3.8) is 0 Å². The molecule has 6 heteroatoms. The molecular weight excluding hydrogens is 335 g/mol. The van der Waals surface area contributed by atoms with Gasteiger partial charge in [0.05, 0.1) is 24.6 Å². The number of anilines is 1. The van der Waals surface area contributed by atoms with Crippen molar-refractivity contribution in [2.75, 3.05) is 19.0 Å². The van der Waals surface area contributed by atoms with Crippen LogP contribution in [-0.2, 0) is 6.42 Å². The number of fused-ring (bicyclic) bond motifs is 1. The summed E-state index contributed by atoms with van der Waals surface area (Å²) in [6, 6.07) is 5.02. The van der Waals surface area contributed by atoms with E-state index in [1.54, 1.807) is 6.07 Å². The average Bonchev–Trinajstić information content (AvgIpc) is 2.68. The quantitative estimate of drug-likeness (QED) is 0.822. The molecule has 1 heterocycles. The lowest BCUT2D eigenvalue weighted by Crippen LogP contribution is -2.20. The predicted octanol–water partition coefficient (Wildman–Crippen LogP) is 4.49. The number of ether oxygens (including phenoxy) is 1. The lowest BCUT2D eigenvalue weighted by atomic mass is 9.82. The molecule has 5 nitrogen and oxygen atoms in total. The predicted molar refractivity (Wildman–Crippen MR) is 99.7 cm³/mol. The van der Waals surface area contributed by atoms with Crippen molar-refractivity contribution < 1.29 is 19.0 Å². The molecule has 0 bridgehead atoms. The second-order valence-corrected chi connectivity index (χ2v) is 5.85. The van der Waals surface area contributed by atoms with Crippen LogP contribution >= 0.6 is 0 Å². The standard InChI is InChI=1S/C18H19FN2O3.C2H6/c1-24-16-6-5-12-11(3-2-4-13(12)17(16)19)9-21-15-10-20-8-7-14(15)18(22)23;1-2/h5-8,10-11,21H,2-4,9H2,1H3,(H,22,23);1-2H3. The SMILES string of the molecule is CC.COc1ccc2c(c1F)CCCC2CNc1cnccc1C(=O)O. The van der Waals surface area contributed by atoms with E-state index in [0.29, 0.717) is 24.2 Å². The third kappa shape index (κ3) is 4.12. The van der Waals surface area contributed by atoms with E-state index >= 15 is 0 Å². The fourth-order valence-electron chi connectivity index (χ4n) is 3.26. The monoisotopic (exact) mass is 360 g/mol. The normalized spacial score (nSPS) is 15.3. The fraction of sp³-hybridized carbons (Fsp3) is 0.400. The number of rotatable bonds is 5. The van der Waals surface area contributed by atoms with Crippen molar-refractivity contribution in [3.8, 4) is 5.75 Å². The fourth-order valence-corrected chi connectivity index (χ4v) is 3.26. The van der Waals surface area contributed by atoms with E-state index in [-0.39, 0.29) is 23.0 Å². The van der Waals surface area contributed by atoms with Gasteiger partial charge >= 0.3 is 5.97 Å². The summed E-state index contributed by atoms with van der Waals surface area (Å²) in [7, 11) is 1.46. The zero-order valence-corrected chi connectivity index (χ0v) is 15.4. The highest BCUT2D eigenvalue weighted by molar-refractivity contribution is 5.93. The first-order valence-corrected chi connectivity index (χ1v) is 8.88. The zero-order valence-electron chi connectivity index (χ0n) is 15.4. The lowest BCUT2D eigenvalue weighted by molar-refractivity contribution is 0.0698. The van der Waals surface area contributed by atoms with Crippen LogP contribution in [0.5, 0.6) is 5.75 Å². The first-order chi connectivity index (χ1) is 12.6. The maximum Gasteiger partial charge on any atom is 0.337 e. The van der Waals surface area contributed by atoms with Crippen LogP contribution in [0, 0.1) is 5.82 Å². The van der Waals surface area contributed by atoms with Crippen molar-refractivity contribution in [1.29, 1.82) is 0 Å². The molecule has 0 aliphatic heterocycles. The summed E-state index contributed by atoms with van der Waals surface area (Å²) in [4.78, 5) is 15.2. The van der Waals surface area contributed by atoms with E-state index in [4.69, 9.17) is 4.74 Å². The minimum atomic E-state index is -1.00. The van der Waals surface area contributed by atoms with Crippen LogP contribution in [0.25, 0.3) is 0 Å². The first kappa shape index (κ1) is 19.7. The number of aromatic nitrogens is 1. The van der Waals surface area contributed by atoms with Gasteiger partial charge in [-0.3, -0.25) is 4.98 Å². The molecule has 1 atom stereocenters. The number of aromatic carboxylic acids is 1. The summed E-state index contributed by atoms with van der Waals surface area (Å²) in [5.74, 6) is -0.897. The minimum absolute atomic E-state index is 0.121. The molecule has 3 rings (SSSR count). The van der Waals surface area contributed by atoms with E-state index in [0.717, 1.165) is 18.4 Å². The van der Waals surface area contributed by atoms with Gasteiger partial charge in [0.25, 0.3) is 0 Å². The summed E-state index contributed by atoms with van der Waals surface area (Å²) >= 11 is 0. The van der Waals surface area contributed by atoms with E-state index in [2.05, 4.69) is 10.3 Å². The van der Waals surface area contributed by atoms with E-state index in [1.165, 1.54) is 25.6 Å². The van der Waals surface area contributed by atoms with Gasteiger partial charge in [-0.05, 0) is 42.5 Å². The molecule has 0 radical (unpaired) electrons. The van der Waals surface area contributed by atoms with Crippen LogP contribution in [0.15, 0.2) is 30.6 Å². The third-order valence-corrected chi connectivity index (χ3v) is 4.47. The van der Waals surface area contributed by atoms with Crippen molar-refractivity contribution in [1.82, 2.24) is 4.98 Å². The number of hydrogen-bond donors (Lipinski definition) is 2. The maximum absolute atomic E-state index is 14.4. The van der Waals surface area contributed by atoms with Crippen LogP contribution in [-0.4, -0.2) is 29.7 Å². The minimum Gasteiger partial charge on any atom is -0.494 e. The second kappa shape index (κ2) is 9.17. The molecule has 0 saturated heterocycles. The highest BCUT2D eigenvalue weighted by Gasteiger charge is 2.25. The van der Waals surface area contributed by atoms with Gasteiger partial charge in [0.15, 0.2) is 11.6 Å². The topological polar surface area (TPSA) is 71.5 Å². The number of methoxy groups -OCH3 is 1. The molecular formula is C20H25FN2O3. The molecule has 1 aliphatic carbocycles. The zero-order chi connectivity index (χ0) is 19.1. The van der Waals surface area contributed by atoms with E-state index in [1.807, 2.05) is 19.9 Å². The molecule has 0 spiro atoms. The lowest BCUT2D eigenvalue weighted by Gasteiger charge is -2.27. The smallest absolute Gasteiger partial charge is 0.337 e. The Hall–Kier alpha value is -2.63. The number of halogens is 1. The molecule has 1 aliphatic rings. The van der Waals surface area contributed by atoms with Crippen molar-refractivity contribution in [3.05, 3.63) is 53.1 Å². The van der Waals surface area contributed by atoms with Gasteiger partial charge < -0.3 is 15.2 Å². The number of carboxylic acid groups (broad SMARTS) is 1. The van der Waals surface area contributed by atoms with Crippen LogP contribution in [0.3, 0.4) is 0 Å². The number of carboxylic acids is 1. The Morgan fingerprint density at radius 3 is 2.85 bits per heavy atom. The molecule has 0 saturated carbocycles. The molecule has 1 unspecified atom stereocenters. The van der Waals surface area contributed by atoms with Gasteiger partial charge in [0, 0.05) is 18.7 Å². The molecule has 1 aromatic carbocycles. The van der Waals surface area contributed by atoms with Gasteiger partial charge in [-0.1, -0.05) is 19.9 Å². The van der Waals surface area contributed by atoms with Crippen LogP contribution < -0.4 is 10.1 Å². The first-order valence-electron chi connectivity index (χ1n) is 8.88. The van der Waals surface area contributed by atoms with E-state index in [9.17, 15) is 14.3 Å². The Labute approximate surface area is 153 Å². The third-order valence-electron chi connectivity index (χ3n) is 4.47. The molecule has 2 aromatic rings. The maximum atomic E-state index is 14.4. The Balaban J connectivity index is 0.00000117. The Kier molecular flexibility index (Phi) is 6.95. The average molecular weight is 360 g/mol. The van der Waals surface area contributed by atoms with Gasteiger partial charge in [-0.25, -0.2) is 9.18 Å². The summed E-state index contributed by atoms with van der Waals surface area (Å²) in [6.07, 6.45) is 5.47. The highest BCUT2D eigenvalue weighted by atomic mass is 19.1. The number of nitrogens with one attached hydrogen (secondary N) is 1. The molecule has 2 N–H and O–H groups in total. The summed E-state index contributed by atoms with van der Waals surface area (Å²) < 4.78 is 19.5. The van der Waals surface area contributed by atoms with Crippen LogP contribution in [0.4, 0.5) is 10.1 Å². The van der Waals surface area contributed by atoms with Gasteiger partial charge in [-0.2, -0.15) is 0 Å². The number of nitrogens with zero attached hydrogens (tertiary/aromatic N) is 1. The number of carbonyl (C=O) groups is 1. The molecule has 1 aromatic heterocycles. The summed E-state index contributed by atoms with van der Waals surface area (Å²) in [5.41, 5.74) is 2.33. The van der Waals surface area contributed by atoms with E-state index < -0.39 is 5.97 Å². The Bertz CT molecular complexity index is 765. The second-order valence-electron chi connectivity index (χ2n) is 5.85. The van der Waals surface area contributed by atoms with Gasteiger partial charge in [0.1, 0.15) is 0 Å². The van der Waals surface area contributed by atoms with Crippen LogP contribution in [0.2, 0.25) is 0 Å². The summed E-state index contributed by atoms with van der Waals surface area (Å²) in [5, 5.41) is 12.4. The molecule has 140 valence electrons.